The molecule has 1 heterocycles. The zero-order chi connectivity index (χ0) is 17.5. The first kappa shape index (κ1) is 18.1. The Hall–Kier alpha value is -2.28. The van der Waals surface area contributed by atoms with Crippen molar-refractivity contribution in [2.75, 3.05) is 33.9 Å². The third-order valence-corrected chi connectivity index (χ3v) is 3.96. The number of carbonyl (C=O) groups is 2. The second-order valence-electron chi connectivity index (χ2n) is 5.57. The van der Waals surface area contributed by atoms with Crippen molar-refractivity contribution < 1.29 is 28.9 Å². The molecule has 1 saturated heterocycles. The highest BCUT2D eigenvalue weighted by Gasteiger charge is 2.26. The van der Waals surface area contributed by atoms with Gasteiger partial charge in [-0.3, -0.25) is 9.59 Å². The Balaban J connectivity index is 2.23. The van der Waals surface area contributed by atoms with Crippen LogP contribution in [0.25, 0.3) is 0 Å². The molecule has 1 aromatic rings. The Morgan fingerprint density at radius 1 is 1.33 bits per heavy atom. The average Bonchev–Trinajstić information content (AvgIpc) is 3.10. The zero-order valence-electron chi connectivity index (χ0n) is 14.0. The maximum absolute atomic E-state index is 12.9. The quantitative estimate of drug-likeness (QED) is 0.778. The summed E-state index contributed by atoms with van der Waals surface area (Å²) in [5.74, 6) is -0.434. The van der Waals surface area contributed by atoms with Gasteiger partial charge in [0.1, 0.15) is 0 Å². The van der Waals surface area contributed by atoms with E-state index >= 15 is 0 Å². The number of carbonyl (C=O) groups excluding carboxylic acids is 1. The standard InChI is InChI=1S/C17H23NO6/c1-22-14-7-3-6-13(16(14)23-2)17(21)18(9-8-15(19)20)11-12-5-4-10-24-12/h3,6-7,12H,4-5,8-11H2,1-2H3,(H,19,20)/t12-/m1/s1. The summed E-state index contributed by atoms with van der Waals surface area (Å²) in [4.78, 5) is 25.4. The van der Waals surface area contributed by atoms with E-state index in [0.29, 0.717) is 30.2 Å². The topological polar surface area (TPSA) is 85.3 Å². The van der Waals surface area contributed by atoms with Crippen LogP contribution in [0.15, 0.2) is 18.2 Å². The molecule has 1 amide bonds. The Bertz CT molecular complexity index is 582. The van der Waals surface area contributed by atoms with Crippen LogP contribution in [0.2, 0.25) is 0 Å². The summed E-state index contributed by atoms with van der Waals surface area (Å²) < 4.78 is 16.1. The number of carboxylic acids is 1. The van der Waals surface area contributed by atoms with E-state index in [9.17, 15) is 9.59 Å². The monoisotopic (exact) mass is 337 g/mol. The van der Waals surface area contributed by atoms with E-state index in [4.69, 9.17) is 19.3 Å². The molecule has 7 heteroatoms. The minimum Gasteiger partial charge on any atom is -0.493 e. The van der Waals surface area contributed by atoms with E-state index in [2.05, 4.69) is 0 Å². The molecule has 0 unspecified atom stereocenters. The minimum atomic E-state index is -0.947. The Labute approximate surface area is 141 Å². The number of hydrogen-bond donors (Lipinski definition) is 1. The van der Waals surface area contributed by atoms with Gasteiger partial charge in [0, 0.05) is 19.7 Å². The number of rotatable bonds is 8. The predicted molar refractivity (Wildman–Crippen MR) is 86.7 cm³/mol. The van der Waals surface area contributed by atoms with Crippen LogP contribution in [0.3, 0.4) is 0 Å². The number of ether oxygens (including phenoxy) is 3. The van der Waals surface area contributed by atoms with Gasteiger partial charge in [-0.05, 0) is 25.0 Å². The normalized spacial score (nSPS) is 16.7. The van der Waals surface area contributed by atoms with Gasteiger partial charge in [0.05, 0.1) is 32.3 Å². The molecule has 7 nitrogen and oxygen atoms in total. The number of methoxy groups -OCH3 is 2. The number of nitrogens with zero attached hydrogens (tertiary/aromatic N) is 1. The van der Waals surface area contributed by atoms with E-state index in [1.165, 1.54) is 19.1 Å². The number of para-hydroxylation sites is 1. The molecule has 1 aliphatic rings. The summed E-state index contributed by atoms with van der Waals surface area (Å²) in [7, 11) is 2.97. The Kier molecular flexibility index (Phi) is 6.43. The zero-order valence-corrected chi connectivity index (χ0v) is 14.0. The Morgan fingerprint density at radius 3 is 2.71 bits per heavy atom. The molecule has 1 fully saturated rings. The molecule has 0 radical (unpaired) electrons. The molecule has 1 atom stereocenters. The number of benzene rings is 1. The fourth-order valence-corrected chi connectivity index (χ4v) is 2.77. The van der Waals surface area contributed by atoms with Crippen LogP contribution in [0.4, 0.5) is 0 Å². The summed E-state index contributed by atoms with van der Waals surface area (Å²) in [6, 6.07) is 5.06. The van der Waals surface area contributed by atoms with Gasteiger partial charge in [0.2, 0.25) is 0 Å². The molecular weight excluding hydrogens is 314 g/mol. The largest absolute Gasteiger partial charge is 0.493 e. The van der Waals surface area contributed by atoms with Crippen molar-refractivity contribution in [3.8, 4) is 11.5 Å². The molecular formula is C17H23NO6. The molecule has 0 aromatic heterocycles. The van der Waals surface area contributed by atoms with Crippen molar-refractivity contribution in [1.29, 1.82) is 0 Å². The highest BCUT2D eigenvalue weighted by molar-refractivity contribution is 5.98. The Morgan fingerprint density at radius 2 is 2.12 bits per heavy atom. The first-order valence-electron chi connectivity index (χ1n) is 7.90. The fraction of sp³-hybridized carbons (Fsp3) is 0.529. The summed E-state index contributed by atoms with van der Waals surface area (Å²) in [6.45, 7) is 1.16. The molecule has 132 valence electrons. The first-order valence-corrected chi connectivity index (χ1v) is 7.90. The molecule has 1 N–H and O–H groups in total. The van der Waals surface area contributed by atoms with Gasteiger partial charge in [0.15, 0.2) is 11.5 Å². The number of aliphatic carboxylic acids is 1. The lowest BCUT2D eigenvalue weighted by Crippen LogP contribution is -2.39. The van der Waals surface area contributed by atoms with Crippen molar-refractivity contribution in [1.82, 2.24) is 4.90 Å². The van der Waals surface area contributed by atoms with Crippen LogP contribution in [-0.4, -0.2) is 61.9 Å². The predicted octanol–water partition coefficient (Wildman–Crippen LogP) is 1.80. The maximum atomic E-state index is 12.9. The highest BCUT2D eigenvalue weighted by Crippen LogP contribution is 2.31. The highest BCUT2D eigenvalue weighted by atomic mass is 16.5. The number of hydrogen-bond acceptors (Lipinski definition) is 5. The number of carboxylic acid groups (broad SMARTS) is 1. The van der Waals surface area contributed by atoms with Crippen molar-refractivity contribution in [3.05, 3.63) is 23.8 Å². The van der Waals surface area contributed by atoms with E-state index in [1.54, 1.807) is 18.2 Å². The lowest BCUT2D eigenvalue weighted by molar-refractivity contribution is -0.137. The van der Waals surface area contributed by atoms with Crippen molar-refractivity contribution in [3.63, 3.8) is 0 Å². The van der Waals surface area contributed by atoms with Crippen LogP contribution < -0.4 is 9.47 Å². The van der Waals surface area contributed by atoms with Crippen molar-refractivity contribution in [2.24, 2.45) is 0 Å². The third kappa shape index (κ3) is 4.38. The van der Waals surface area contributed by atoms with Crippen LogP contribution in [-0.2, 0) is 9.53 Å². The van der Waals surface area contributed by atoms with Crippen LogP contribution in [0, 0.1) is 0 Å². The molecule has 1 aliphatic heterocycles. The lowest BCUT2D eigenvalue weighted by Gasteiger charge is -2.26. The van der Waals surface area contributed by atoms with Crippen molar-refractivity contribution in [2.45, 2.75) is 25.4 Å². The first-order chi connectivity index (χ1) is 11.6. The smallest absolute Gasteiger partial charge is 0.305 e. The molecule has 24 heavy (non-hydrogen) atoms. The summed E-state index contributed by atoms with van der Waals surface area (Å²) >= 11 is 0. The number of amides is 1. The van der Waals surface area contributed by atoms with Crippen molar-refractivity contribution >= 4 is 11.9 Å². The van der Waals surface area contributed by atoms with E-state index in [1.807, 2.05) is 0 Å². The minimum absolute atomic E-state index is 0.0562. The van der Waals surface area contributed by atoms with Gasteiger partial charge < -0.3 is 24.2 Å². The molecule has 2 rings (SSSR count). The molecule has 0 aliphatic carbocycles. The van der Waals surface area contributed by atoms with Gasteiger partial charge in [-0.2, -0.15) is 0 Å². The molecule has 0 bridgehead atoms. The summed E-state index contributed by atoms with van der Waals surface area (Å²) in [6.07, 6.45) is 1.64. The molecule has 0 saturated carbocycles. The van der Waals surface area contributed by atoms with Gasteiger partial charge >= 0.3 is 5.97 Å². The fourth-order valence-electron chi connectivity index (χ4n) is 2.77. The molecule has 1 aromatic carbocycles. The maximum Gasteiger partial charge on any atom is 0.305 e. The van der Waals surface area contributed by atoms with E-state index < -0.39 is 5.97 Å². The summed E-state index contributed by atoms with van der Waals surface area (Å²) in [5.41, 5.74) is 0.347. The molecule has 0 spiro atoms. The third-order valence-electron chi connectivity index (χ3n) is 3.96. The van der Waals surface area contributed by atoms with Gasteiger partial charge in [-0.15, -0.1) is 0 Å². The van der Waals surface area contributed by atoms with E-state index in [-0.39, 0.29) is 25.0 Å². The van der Waals surface area contributed by atoms with Gasteiger partial charge in [-0.1, -0.05) is 6.07 Å². The summed E-state index contributed by atoms with van der Waals surface area (Å²) in [5, 5.41) is 8.94. The average molecular weight is 337 g/mol. The second kappa shape index (κ2) is 8.54. The lowest BCUT2D eigenvalue weighted by atomic mass is 10.1. The SMILES string of the molecule is COc1cccc(C(=O)N(CCC(=O)O)C[C@H]2CCCO2)c1OC. The van der Waals surface area contributed by atoms with E-state index in [0.717, 1.165) is 12.8 Å². The van der Waals surface area contributed by atoms with Crippen LogP contribution >= 0.6 is 0 Å². The van der Waals surface area contributed by atoms with Gasteiger partial charge in [0.25, 0.3) is 5.91 Å². The van der Waals surface area contributed by atoms with Gasteiger partial charge in [-0.25, -0.2) is 0 Å². The van der Waals surface area contributed by atoms with Crippen LogP contribution in [0.5, 0.6) is 11.5 Å². The second-order valence-corrected chi connectivity index (χ2v) is 5.57. The van der Waals surface area contributed by atoms with Crippen LogP contribution in [0.1, 0.15) is 29.6 Å².